The summed E-state index contributed by atoms with van der Waals surface area (Å²) in [7, 11) is 1.88. The van der Waals surface area contributed by atoms with Crippen LogP contribution in [0.3, 0.4) is 0 Å². The van der Waals surface area contributed by atoms with Crippen LogP contribution in [-0.4, -0.2) is 34.6 Å². The van der Waals surface area contributed by atoms with Crippen LogP contribution in [0.1, 0.15) is 18.7 Å². The van der Waals surface area contributed by atoms with Crippen molar-refractivity contribution in [3.8, 4) is 11.3 Å². The van der Waals surface area contributed by atoms with Crippen molar-refractivity contribution < 1.29 is 18.7 Å². The SMILES string of the molecule is CN(CCCC(=O)O)Cc1ncc(-c2ccc(F)cc2)o1. The Labute approximate surface area is 122 Å². The topological polar surface area (TPSA) is 66.6 Å². The predicted molar refractivity (Wildman–Crippen MR) is 75.1 cm³/mol. The van der Waals surface area contributed by atoms with E-state index in [9.17, 15) is 9.18 Å². The van der Waals surface area contributed by atoms with Crippen molar-refractivity contribution in [2.75, 3.05) is 13.6 Å². The van der Waals surface area contributed by atoms with Gasteiger partial charge in [-0.3, -0.25) is 9.69 Å². The lowest BCUT2D eigenvalue weighted by atomic mass is 10.2. The van der Waals surface area contributed by atoms with Gasteiger partial charge in [0.15, 0.2) is 5.76 Å². The molecule has 6 heteroatoms. The molecule has 0 saturated heterocycles. The monoisotopic (exact) mass is 292 g/mol. The van der Waals surface area contributed by atoms with Crippen molar-refractivity contribution in [2.45, 2.75) is 19.4 Å². The van der Waals surface area contributed by atoms with Gasteiger partial charge in [-0.25, -0.2) is 9.37 Å². The Balaban J connectivity index is 1.90. The molecule has 0 aliphatic carbocycles. The van der Waals surface area contributed by atoms with Crippen LogP contribution in [0.5, 0.6) is 0 Å². The zero-order valence-electron chi connectivity index (χ0n) is 11.8. The molecular weight excluding hydrogens is 275 g/mol. The van der Waals surface area contributed by atoms with Gasteiger partial charge in [0.05, 0.1) is 12.7 Å². The normalized spacial score (nSPS) is 11.0. The largest absolute Gasteiger partial charge is 0.481 e. The molecule has 2 aromatic rings. The maximum absolute atomic E-state index is 12.9. The average Bonchev–Trinajstić information content (AvgIpc) is 2.87. The lowest BCUT2D eigenvalue weighted by Crippen LogP contribution is -2.19. The molecular formula is C15H17FN2O3. The Morgan fingerprint density at radius 2 is 2.10 bits per heavy atom. The van der Waals surface area contributed by atoms with Gasteiger partial charge in [-0.2, -0.15) is 0 Å². The third-order valence-electron chi connectivity index (χ3n) is 3.02. The first-order valence-electron chi connectivity index (χ1n) is 6.65. The molecule has 1 N–H and O–H groups in total. The summed E-state index contributed by atoms with van der Waals surface area (Å²) < 4.78 is 18.5. The third-order valence-corrected chi connectivity index (χ3v) is 3.02. The van der Waals surface area contributed by atoms with Crippen LogP contribution in [0, 0.1) is 5.82 Å². The summed E-state index contributed by atoms with van der Waals surface area (Å²) in [6.07, 6.45) is 2.34. The van der Waals surface area contributed by atoms with Crippen molar-refractivity contribution in [1.82, 2.24) is 9.88 Å². The van der Waals surface area contributed by atoms with E-state index >= 15 is 0 Å². The van der Waals surface area contributed by atoms with Crippen LogP contribution in [0.25, 0.3) is 11.3 Å². The molecule has 0 fully saturated rings. The first-order valence-corrected chi connectivity index (χ1v) is 6.65. The maximum atomic E-state index is 12.9. The second kappa shape index (κ2) is 6.99. The lowest BCUT2D eigenvalue weighted by molar-refractivity contribution is -0.137. The summed E-state index contributed by atoms with van der Waals surface area (Å²) in [4.78, 5) is 16.6. The predicted octanol–water partition coefficient (Wildman–Crippen LogP) is 2.78. The molecule has 0 bridgehead atoms. The fourth-order valence-corrected chi connectivity index (χ4v) is 1.94. The zero-order chi connectivity index (χ0) is 15.2. The average molecular weight is 292 g/mol. The fourth-order valence-electron chi connectivity index (χ4n) is 1.94. The van der Waals surface area contributed by atoms with Gasteiger partial charge in [0, 0.05) is 12.0 Å². The standard InChI is InChI=1S/C15H17FN2O3/c1-18(8-2-3-15(19)20)10-14-17-9-13(21-14)11-4-6-12(16)7-5-11/h4-7,9H,2-3,8,10H2,1H3,(H,19,20). The summed E-state index contributed by atoms with van der Waals surface area (Å²) in [5.74, 6) is 0.0471. The molecule has 0 amide bonds. The van der Waals surface area contributed by atoms with E-state index in [1.54, 1.807) is 18.3 Å². The van der Waals surface area contributed by atoms with E-state index in [0.717, 1.165) is 5.56 Å². The number of oxazole rings is 1. The van der Waals surface area contributed by atoms with Crippen molar-refractivity contribution in [3.05, 3.63) is 42.2 Å². The Morgan fingerprint density at radius 1 is 1.38 bits per heavy atom. The van der Waals surface area contributed by atoms with Gasteiger partial charge in [-0.15, -0.1) is 0 Å². The third kappa shape index (κ3) is 4.68. The van der Waals surface area contributed by atoms with Gasteiger partial charge in [-0.1, -0.05) is 0 Å². The number of benzene rings is 1. The van der Waals surface area contributed by atoms with Gasteiger partial charge >= 0.3 is 5.97 Å². The van der Waals surface area contributed by atoms with Crippen LogP contribution < -0.4 is 0 Å². The number of carboxylic acids is 1. The number of rotatable bonds is 7. The van der Waals surface area contributed by atoms with Crippen LogP contribution >= 0.6 is 0 Å². The molecule has 1 aromatic carbocycles. The minimum Gasteiger partial charge on any atom is -0.481 e. The van der Waals surface area contributed by atoms with E-state index in [4.69, 9.17) is 9.52 Å². The first kappa shape index (κ1) is 15.2. The van der Waals surface area contributed by atoms with E-state index in [0.29, 0.717) is 31.2 Å². The Hall–Kier alpha value is -2.21. The van der Waals surface area contributed by atoms with Crippen molar-refractivity contribution >= 4 is 5.97 Å². The summed E-state index contributed by atoms with van der Waals surface area (Å²) in [5, 5.41) is 8.59. The van der Waals surface area contributed by atoms with Gasteiger partial charge in [0.25, 0.3) is 0 Å². The van der Waals surface area contributed by atoms with E-state index in [2.05, 4.69) is 4.98 Å². The first-order chi connectivity index (χ1) is 10.0. The number of halogens is 1. The molecule has 0 saturated carbocycles. The minimum absolute atomic E-state index is 0.150. The molecule has 21 heavy (non-hydrogen) atoms. The second-order valence-electron chi connectivity index (χ2n) is 4.86. The van der Waals surface area contributed by atoms with Crippen molar-refractivity contribution in [2.24, 2.45) is 0 Å². The van der Waals surface area contributed by atoms with E-state index in [1.807, 2.05) is 11.9 Å². The number of hydrogen-bond donors (Lipinski definition) is 1. The van der Waals surface area contributed by atoms with Crippen LogP contribution in [-0.2, 0) is 11.3 Å². The van der Waals surface area contributed by atoms with Crippen LogP contribution in [0.4, 0.5) is 4.39 Å². The van der Waals surface area contributed by atoms with E-state index < -0.39 is 5.97 Å². The molecule has 0 unspecified atom stereocenters. The molecule has 0 radical (unpaired) electrons. The molecule has 0 aliphatic rings. The number of carbonyl (C=O) groups is 1. The summed E-state index contributed by atoms with van der Waals surface area (Å²) in [6.45, 7) is 1.15. The second-order valence-corrected chi connectivity index (χ2v) is 4.86. The Bertz CT molecular complexity index is 595. The highest BCUT2D eigenvalue weighted by atomic mass is 19.1. The molecule has 5 nitrogen and oxygen atoms in total. The number of aliphatic carboxylic acids is 1. The van der Waals surface area contributed by atoms with Crippen LogP contribution in [0.15, 0.2) is 34.9 Å². The number of carboxylic acid groups (broad SMARTS) is 1. The highest BCUT2D eigenvalue weighted by Crippen LogP contribution is 2.21. The molecule has 0 aliphatic heterocycles. The molecule has 1 heterocycles. The minimum atomic E-state index is -0.793. The quantitative estimate of drug-likeness (QED) is 0.850. The van der Waals surface area contributed by atoms with Gasteiger partial charge in [0.1, 0.15) is 5.82 Å². The highest BCUT2D eigenvalue weighted by molar-refractivity contribution is 5.66. The van der Waals surface area contributed by atoms with Crippen LogP contribution in [0.2, 0.25) is 0 Å². The van der Waals surface area contributed by atoms with Gasteiger partial charge in [-0.05, 0) is 44.3 Å². The summed E-state index contributed by atoms with van der Waals surface area (Å²) in [5.41, 5.74) is 0.767. The Morgan fingerprint density at radius 3 is 2.76 bits per heavy atom. The number of aromatic nitrogens is 1. The summed E-state index contributed by atoms with van der Waals surface area (Å²) >= 11 is 0. The summed E-state index contributed by atoms with van der Waals surface area (Å²) in [6, 6.07) is 6.01. The van der Waals surface area contributed by atoms with E-state index in [-0.39, 0.29) is 12.2 Å². The molecule has 1 aromatic heterocycles. The Kier molecular flexibility index (Phi) is 5.05. The van der Waals surface area contributed by atoms with Gasteiger partial charge in [0.2, 0.25) is 5.89 Å². The lowest BCUT2D eigenvalue weighted by Gasteiger charge is -2.13. The van der Waals surface area contributed by atoms with Gasteiger partial charge < -0.3 is 9.52 Å². The smallest absolute Gasteiger partial charge is 0.303 e. The maximum Gasteiger partial charge on any atom is 0.303 e. The highest BCUT2D eigenvalue weighted by Gasteiger charge is 2.09. The molecule has 0 atom stereocenters. The number of hydrogen-bond acceptors (Lipinski definition) is 4. The zero-order valence-corrected chi connectivity index (χ0v) is 11.8. The fraction of sp³-hybridized carbons (Fsp3) is 0.333. The van der Waals surface area contributed by atoms with E-state index in [1.165, 1.54) is 12.1 Å². The van der Waals surface area contributed by atoms with Crippen molar-refractivity contribution in [1.29, 1.82) is 0 Å². The number of nitrogens with zero attached hydrogens (tertiary/aromatic N) is 2. The molecule has 2 rings (SSSR count). The van der Waals surface area contributed by atoms with Crippen molar-refractivity contribution in [3.63, 3.8) is 0 Å². The molecule has 112 valence electrons. The molecule has 0 spiro atoms.